The standard InChI is InChI=1S/C12H16BrNO4S/c1-8(2)7-14(3)19(17,18)11-6-9(12(15)16)4-5-10(11)13/h4-6,8H,7H2,1-3H3,(H,15,16). The van der Waals surface area contributed by atoms with Crippen LogP contribution in [0, 0.1) is 5.92 Å². The Morgan fingerprint density at radius 1 is 1.42 bits per heavy atom. The fraction of sp³-hybridized carbons (Fsp3) is 0.417. The minimum atomic E-state index is -3.70. The molecule has 5 nitrogen and oxygen atoms in total. The van der Waals surface area contributed by atoms with E-state index in [0.717, 1.165) is 0 Å². The van der Waals surface area contributed by atoms with Crippen LogP contribution in [0.25, 0.3) is 0 Å². The van der Waals surface area contributed by atoms with Gasteiger partial charge in [0.1, 0.15) is 0 Å². The van der Waals surface area contributed by atoms with E-state index in [0.29, 0.717) is 11.0 Å². The minimum Gasteiger partial charge on any atom is -0.478 e. The van der Waals surface area contributed by atoms with Crippen LogP contribution in [-0.4, -0.2) is 37.4 Å². The normalized spacial score (nSPS) is 12.1. The third kappa shape index (κ3) is 3.77. The van der Waals surface area contributed by atoms with Crippen molar-refractivity contribution < 1.29 is 18.3 Å². The van der Waals surface area contributed by atoms with Crippen molar-refractivity contribution in [2.24, 2.45) is 5.92 Å². The molecule has 0 saturated carbocycles. The summed E-state index contributed by atoms with van der Waals surface area (Å²) < 4.78 is 26.3. The van der Waals surface area contributed by atoms with Crippen molar-refractivity contribution in [1.82, 2.24) is 4.31 Å². The van der Waals surface area contributed by atoms with Crippen LogP contribution in [0.5, 0.6) is 0 Å². The lowest BCUT2D eigenvalue weighted by Crippen LogP contribution is -2.30. The summed E-state index contributed by atoms with van der Waals surface area (Å²) in [6.07, 6.45) is 0. The third-order valence-electron chi connectivity index (χ3n) is 2.49. The average Bonchev–Trinajstić information content (AvgIpc) is 2.27. The van der Waals surface area contributed by atoms with E-state index in [-0.39, 0.29) is 16.4 Å². The topological polar surface area (TPSA) is 74.7 Å². The smallest absolute Gasteiger partial charge is 0.335 e. The molecule has 0 fully saturated rings. The van der Waals surface area contributed by atoms with Gasteiger partial charge in [0.25, 0.3) is 0 Å². The Hall–Kier alpha value is -0.920. The molecule has 0 aliphatic rings. The lowest BCUT2D eigenvalue weighted by atomic mass is 10.2. The first kappa shape index (κ1) is 16.1. The molecule has 19 heavy (non-hydrogen) atoms. The second kappa shape index (κ2) is 6.02. The number of hydrogen-bond acceptors (Lipinski definition) is 3. The zero-order valence-corrected chi connectivity index (χ0v) is 13.3. The molecule has 0 radical (unpaired) electrons. The highest BCUT2D eigenvalue weighted by atomic mass is 79.9. The van der Waals surface area contributed by atoms with Crippen LogP contribution in [0.4, 0.5) is 0 Å². The monoisotopic (exact) mass is 349 g/mol. The molecule has 0 saturated heterocycles. The van der Waals surface area contributed by atoms with E-state index >= 15 is 0 Å². The number of aromatic carboxylic acids is 1. The maximum Gasteiger partial charge on any atom is 0.335 e. The largest absolute Gasteiger partial charge is 0.478 e. The maximum atomic E-state index is 12.4. The molecule has 0 spiro atoms. The Bertz CT molecular complexity index is 583. The second-order valence-electron chi connectivity index (χ2n) is 4.63. The first-order chi connectivity index (χ1) is 8.66. The fourth-order valence-electron chi connectivity index (χ4n) is 1.61. The van der Waals surface area contributed by atoms with Crippen LogP contribution in [0.2, 0.25) is 0 Å². The van der Waals surface area contributed by atoms with Crippen molar-refractivity contribution in [3.8, 4) is 0 Å². The highest BCUT2D eigenvalue weighted by Gasteiger charge is 2.25. The number of nitrogens with zero attached hydrogens (tertiary/aromatic N) is 1. The number of rotatable bonds is 5. The molecule has 0 aromatic heterocycles. The summed E-state index contributed by atoms with van der Waals surface area (Å²) in [6, 6.07) is 3.95. The molecule has 106 valence electrons. The van der Waals surface area contributed by atoms with Crippen molar-refractivity contribution in [3.63, 3.8) is 0 Å². The van der Waals surface area contributed by atoms with E-state index in [2.05, 4.69) is 15.9 Å². The van der Waals surface area contributed by atoms with Crippen molar-refractivity contribution >= 4 is 31.9 Å². The second-order valence-corrected chi connectivity index (χ2v) is 7.50. The molecular formula is C12H16BrNO4S. The van der Waals surface area contributed by atoms with Gasteiger partial charge in [-0.2, -0.15) is 0 Å². The number of carbonyl (C=O) groups is 1. The quantitative estimate of drug-likeness (QED) is 0.885. The van der Waals surface area contributed by atoms with Crippen molar-refractivity contribution in [3.05, 3.63) is 28.2 Å². The zero-order chi connectivity index (χ0) is 14.8. The van der Waals surface area contributed by atoms with Gasteiger partial charge in [-0.15, -0.1) is 0 Å². The number of carboxylic acids is 1. The van der Waals surface area contributed by atoms with E-state index in [1.807, 2.05) is 13.8 Å². The first-order valence-electron chi connectivity index (χ1n) is 5.65. The number of benzene rings is 1. The molecule has 1 N–H and O–H groups in total. The Morgan fingerprint density at radius 2 is 2.00 bits per heavy atom. The van der Waals surface area contributed by atoms with Crippen molar-refractivity contribution in [2.45, 2.75) is 18.7 Å². The Labute approximate surface area is 121 Å². The molecule has 1 aromatic carbocycles. The highest BCUT2D eigenvalue weighted by Crippen LogP contribution is 2.26. The van der Waals surface area contributed by atoms with Crippen LogP contribution in [0.15, 0.2) is 27.6 Å². The van der Waals surface area contributed by atoms with Crippen LogP contribution >= 0.6 is 15.9 Å². The number of carboxylic acid groups (broad SMARTS) is 1. The zero-order valence-electron chi connectivity index (χ0n) is 10.9. The van der Waals surface area contributed by atoms with Crippen LogP contribution in [0.3, 0.4) is 0 Å². The van der Waals surface area contributed by atoms with Gasteiger partial charge in [0, 0.05) is 18.1 Å². The summed E-state index contributed by atoms with van der Waals surface area (Å²) in [7, 11) is -2.22. The van der Waals surface area contributed by atoms with Gasteiger partial charge in [-0.05, 0) is 40.0 Å². The number of halogens is 1. The summed E-state index contributed by atoms with van der Waals surface area (Å²) in [5.74, 6) is -0.975. The van der Waals surface area contributed by atoms with Crippen LogP contribution < -0.4 is 0 Å². The molecule has 7 heteroatoms. The minimum absolute atomic E-state index is 0.0319. The molecular weight excluding hydrogens is 334 g/mol. The Balaban J connectivity index is 3.28. The van der Waals surface area contributed by atoms with Crippen LogP contribution in [-0.2, 0) is 10.0 Å². The summed E-state index contributed by atoms with van der Waals surface area (Å²) in [5.41, 5.74) is -0.0558. The lowest BCUT2D eigenvalue weighted by Gasteiger charge is -2.20. The maximum absolute atomic E-state index is 12.4. The van der Waals surface area contributed by atoms with Crippen LogP contribution in [0.1, 0.15) is 24.2 Å². The van der Waals surface area contributed by atoms with Gasteiger partial charge in [0.15, 0.2) is 0 Å². The van der Waals surface area contributed by atoms with Gasteiger partial charge in [0.05, 0.1) is 10.5 Å². The predicted octanol–water partition coefficient (Wildman–Crippen LogP) is 2.42. The fourth-order valence-corrected chi connectivity index (χ4v) is 3.90. The number of sulfonamides is 1. The molecule has 0 aliphatic heterocycles. The molecule has 1 aromatic rings. The molecule has 0 bridgehead atoms. The van der Waals surface area contributed by atoms with E-state index in [4.69, 9.17) is 5.11 Å². The van der Waals surface area contributed by atoms with Gasteiger partial charge < -0.3 is 5.11 Å². The molecule has 0 atom stereocenters. The summed E-state index contributed by atoms with van der Waals surface area (Å²) in [4.78, 5) is 10.9. The van der Waals surface area contributed by atoms with Gasteiger partial charge in [0.2, 0.25) is 10.0 Å². The average molecular weight is 350 g/mol. The SMILES string of the molecule is CC(C)CN(C)S(=O)(=O)c1cc(C(=O)O)ccc1Br. The summed E-state index contributed by atoms with van der Waals surface area (Å²) in [5, 5.41) is 8.93. The number of hydrogen-bond donors (Lipinski definition) is 1. The highest BCUT2D eigenvalue weighted by molar-refractivity contribution is 9.10. The Kier molecular flexibility index (Phi) is 5.11. The lowest BCUT2D eigenvalue weighted by molar-refractivity contribution is 0.0696. The van der Waals surface area contributed by atoms with E-state index in [1.165, 1.54) is 29.6 Å². The van der Waals surface area contributed by atoms with E-state index < -0.39 is 16.0 Å². The third-order valence-corrected chi connectivity index (χ3v) is 5.31. The molecule has 0 heterocycles. The van der Waals surface area contributed by atoms with Crippen molar-refractivity contribution in [1.29, 1.82) is 0 Å². The van der Waals surface area contributed by atoms with Crippen molar-refractivity contribution in [2.75, 3.05) is 13.6 Å². The van der Waals surface area contributed by atoms with Gasteiger partial charge in [-0.1, -0.05) is 13.8 Å². The van der Waals surface area contributed by atoms with E-state index in [1.54, 1.807) is 0 Å². The molecule has 1 rings (SSSR count). The molecule has 0 unspecified atom stereocenters. The summed E-state index contributed by atoms with van der Waals surface area (Å²) >= 11 is 3.15. The van der Waals surface area contributed by atoms with Gasteiger partial charge in [-0.25, -0.2) is 17.5 Å². The molecule has 0 aliphatic carbocycles. The first-order valence-corrected chi connectivity index (χ1v) is 7.88. The molecule has 0 amide bonds. The van der Waals surface area contributed by atoms with Gasteiger partial charge >= 0.3 is 5.97 Å². The Morgan fingerprint density at radius 3 is 2.47 bits per heavy atom. The van der Waals surface area contributed by atoms with E-state index in [9.17, 15) is 13.2 Å². The summed E-state index contributed by atoms with van der Waals surface area (Å²) in [6.45, 7) is 4.19. The van der Waals surface area contributed by atoms with Gasteiger partial charge in [-0.3, -0.25) is 0 Å². The predicted molar refractivity (Wildman–Crippen MR) is 75.8 cm³/mol.